The third kappa shape index (κ3) is 4.07. The first-order chi connectivity index (χ1) is 7.96. The van der Waals surface area contributed by atoms with Crippen LogP contribution in [-0.2, 0) is 4.74 Å². The fourth-order valence-corrected chi connectivity index (χ4v) is 1.53. The zero-order chi connectivity index (χ0) is 12.9. The molecule has 0 saturated heterocycles. The molecular weight excluding hydrogens is 216 g/mol. The number of para-hydroxylation sites is 1. The number of nitrogens with one attached hydrogen (secondary N) is 1. The van der Waals surface area contributed by atoms with Gasteiger partial charge >= 0.3 is 0 Å². The summed E-state index contributed by atoms with van der Waals surface area (Å²) < 4.78 is 5.50. The maximum atomic E-state index is 11.9. The zero-order valence-electron chi connectivity index (χ0n) is 10.6. The fraction of sp³-hybridized carbons (Fsp3) is 0.462. The van der Waals surface area contributed by atoms with Crippen molar-refractivity contribution in [3.8, 4) is 0 Å². The molecule has 0 saturated carbocycles. The molecule has 94 valence electrons. The van der Waals surface area contributed by atoms with Gasteiger partial charge in [0, 0.05) is 18.8 Å². The highest BCUT2D eigenvalue weighted by molar-refractivity contribution is 5.99. The highest BCUT2D eigenvalue weighted by Crippen LogP contribution is 2.11. The van der Waals surface area contributed by atoms with Crippen LogP contribution in [-0.4, -0.2) is 24.7 Å². The predicted octanol–water partition coefficient (Wildman–Crippen LogP) is 1.81. The number of amides is 1. The molecule has 0 aliphatic carbocycles. The quantitative estimate of drug-likeness (QED) is 0.766. The molecule has 1 rings (SSSR count). The van der Waals surface area contributed by atoms with E-state index in [0.717, 1.165) is 0 Å². The normalized spacial score (nSPS) is 11.2. The molecular formula is C13H20N2O2. The summed E-state index contributed by atoms with van der Waals surface area (Å²) in [5, 5.41) is 2.82. The summed E-state index contributed by atoms with van der Waals surface area (Å²) in [7, 11) is 0. The Morgan fingerprint density at radius 2 is 2.06 bits per heavy atom. The third-order valence-corrected chi connectivity index (χ3v) is 2.42. The Hall–Kier alpha value is -1.55. The van der Waals surface area contributed by atoms with Crippen LogP contribution in [0.25, 0.3) is 0 Å². The van der Waals surface area contributed by atoms with E-state index in [1.165, 1.54) is 0 Å². The largest absolute Gasteiger partial charge is 0.398 e. The minimum absolute atomic E-state index is 0.170. The van der Waals surface area contributed by atoms with Crippen molar-refractivity contribution in [2.24, 2.45) is 0 Å². The van der Waals surface area contributed by atoms with Gasteiger partial charge in [-0.15, -0.1) is 0 Å². The van der Waals surface area contributed by atoms with Crippen molar-refractivity contribution in [2.45, 2.75) is 26.4 Å². The van der Waals surface area contributed by atoms with Crippen LogP contribution in [0.3, 0.4) is 0 Å². The van der Waals surface area contributed by atoms with Crippen molar-refractivity contribution < 1.29 is 9.53 Å². The summed E-state index contributed by atoms with van der Waals surface area (Å²) in [6.07, 6.45) is 0. The molecule has 0 aromatic heterocycles. The van der Waals surface area contributed by atoms with Gasteiger partial charge < -0.3 is 15.8 Å². The van der Waals surface area contributed by atoms with Gasteiger partial charge in [-0.1, -0.05) is 12.1 Å². The van der Waals surface area contributed by atoms with Crippen LogP contribution in [0.1, 0.15) is 31.1 Å². The van der Waals surface area contributed by atoms with E-state index in [9.17, 15) is 4.79 Å². The average molecular weight is 236 g/mol. The van der Waals surface area contributed by atoms with Gasteiger partial charge in [0.1, 0.15) is 0 Å². The first-order valence-electron chi connectivity index (χ1n) is 5.73. The van der Waals surface area contributed by atoms with E-state index in [0.29, 0.717) is 24.4 Å². The monoisotopic (exact) mass is 236 g/mol. The lowest BCUT2D eigenvalue weighted by Gasteiger charge is -2.25. The summed E-state index contributed by atoms with van der Waals surface area (Å²) in [6, 6.07) is 7.01. The van der Waals surface area contributed by atoms with E-state index in [2.05, 4.69) is 5.32 Å². The summed E-state index contributed by atoms with van der Waals surface area (Å²) in [6.45, 7) is 6.87. The lowest BCUT2D eigenvalue weighted by molar-refractivity contribution is -0.00814. The van der Waals surface area contributed by atoms with Crippen LogP contribution in [0, 0.1) is 0 Å². The van der Waals surface area contributed by atoms with E-state index in [-0.39, 0.29) is 11.5 Å². The third-order valence-electron chi connectivity index (χ3n) is 2.42. The predicted molar refractivity (Wildman–Crippen MR) is 68.9 cm³/mol. The number of nitrogens with two attached hydrogens (primary N) is 1. The molecule has 0 bridgehead atoms. The summed E-state index contributed by atoms with van der Waals surface area (Å²) in [4.78, 5) is 11.9. The number of benzene rings is 1. The van der Waals surface area contributed by atoms with Crippen molar-refractivity contribution in [2.75, 3.05) is 18.9 Å². The van der Waals surface area contributed by atoms with Crippen molar-refractivity contribution in [3.05, 3.63) is 29.8 Å². The number of rotatable bonds is 5. The Balaban J connectivity index is 2.59. The molecule has 0 radical (unpaired) electrons. The Kier molecular flexibility index (Phi) is 4.52. The molecule has 0 aliphatic heterocycles. The first-order valence-corrected chi connectivity index (χ1v) is 5.73. The maximum absolute atomic E-state index is 11.9. The van der Waals surface area contributed by atoms with Crippen LogP contribution >= 0.6 is 0 Å². The number of carbonyl (C=O) groups excluding carboxylic acids is 1. The van der Waals surface area contributed by atoms with Crippen molar-refractivity contribution in [3.63, 3.8) is 0 Å². The van der Waals surface area contributed by atoms with Gasteiger partial charge in [0.15, 0.2) is 0 Å². The summed E-state index contributed by atoms with van der Waals surface area (Å²) in [5.74, 6) is -0.170. The van der Waals surface area contributed by atoms with Gasteiger partial charge in [-0.05, 0) is 32.9 Å². The second-order valence-electron chi connectivity index (χ2n) is 4.46. The molecule has 0 spiro atoms. The number of hydrogen-bond acceptors (Lipinski definition) is 3. The molecule has 1 amide bonds. The van der Waals surface area contributed by atoms with E-state index >= 15 is 0 Å². The lowest BCUT2D eigenvalue weighted by Crippen LogP contribution is -2.40. The standard InChI is InChI=1S/C13H20N2O2/c1-4-17-13(2,3)9-15-12(16)10-7-5-6-8-11(10)14/h5-8H,4,9,14H2,1-3H3,(H,15,16). The molecule has 0 atom stereocenters. The smallest absolute Gasteiger partial charge is 0.253 e. The molecule has 17 heavy (non-hydrogen) atoms. The van der Waals surface area contributed by atoms with Crippen molar-refractivity contribution in [1.29, 1.82) is 0 Å². The highest BCUT2D eigenvalue weighted by atomic mass is 16.5. The Morgan fingerprint density at radius 1 is 1.41 bits per heavy atom. The summed E-state index contributed by atoms with van der Waals surface area (Å²) >= 11 is 0. The van der Waals surface area contributed by atoms with E-state index in [1.807, 2.05) is 20.8 Å². The minimum atomic E-state index is -0.367. The number of carbonyl (C=O) groups is 1. The van der Waals surface area contributed by atoms with E-state index in [1.54, 1.807) is 24.3 Å². The highest BCUT2D eigenvalue weighted by Gasteiger charge is 2.19. The van der Waals surface area contributed by atoms with Gasteiger partial charge in [0.05, 0.1) is 11.2 Å². The Bertz CT molecular complexity index is 389. The minimum Gasteiger partial charge on any atom is -0.398 e. The van der Waals surface area contributed by atoms with Crippen LogP contribution < -0.4 is 11.1 Å². The molecule has 4 nitrogen and oxygen atoms in total. The molecule has 0 heterocycles. The van der Waals surface area contributed by atoms with Gasteiger partial charge in [-0.3, -0.25) is 4.79 Å². The molecule has 3 N–H and O–H groups in total. The molecule has 0 aliphatic rings. The molecule has 0 unspecified atom stereocenters. The van der Waals surface area contributed by atoms with Crippen LogP contribution in [0.15, 0.2) is 24.3 Å². The number of hydrogen-bond donors (Lipinski definition) is 2. The second kappa shape index (κ2) is 5.68. The van der Waals surface area contributed by atoms with Crippen LogP contribution in [0.2, 0.25) is 0 Å². The lowest BCUT2D eigenvalue weighted by atomic mass is 10.1. The maximum Gasteiger partial charge on any atom is 0.253 e. The summed E-state index contributed by atoms with van der Waals surface area (Å²) in [5.41, 5.74) is 6.35. The molecule has 1 aromatic rings. The molecule has 1 aromatic carbocycles. The van der Waals surface area contributed by atoms with Crippen LogP contribution in [0.4, 0.5) is 5.69 Å². The Labute approximate surface area is 102 Å². The Morgan fingerprint density at radius 3 is 2.65 bits per heavy atom. The van der Waals surface area contributed by atoms with E-state index < -0.39 is 0 Å². The fourth-order valence-electron chi connectivity index (χ4n) is 1.53. The average Bonchev–Trinajstić information content (AvgIpc) is 2.27. The molecule has 4 heteroatoms. The van der Waals surface area contributed by atoms with Crippen molar-refractivity contribution in [1.82, 2.24) is 5.32 Å². The SMILES string of the molecule is CCOC(C)(C)CNC(=O)c1ccccc1N. The van der Waals surface area contributed by atoms with Crippen molar-refractivity contribution >= 4 is 11.6 Å². The topological polar surface area (TPSA) is 64.3 Å². The zero-order valence-corrected chi connectivity index (χ0v) is 10.6. The number of ether oxygens (including phenoxy) is 1. The van der Waals surface area contributed by atoms with Gasteiger partial charge in [0.25, 0.3) is 5.91 Å². The van der Waals surface area contributed by atoms with Gasteiger partial charge in [-0.25, -0.2) is 0 Å². The number of nitrogen functional groups attached to an aromatic ring is 1. The van der Waals surface area contributed by atoms with Crippen LogP contribution in [0.5, 0.6) is 0 Å². The number of anilines is 1. The second-order valence-corrected chi connectivity index (χ2v) is 4.46. The van der Waals surface area contributed by atoms with Gasteiger partial charge in [0.2, 0.25) is 0 Å². The van der Waals surface area contributed by atoms with E-state index in [4.69, 9.17) is 10.5 Å². The van der Waals surface area contributed by atoms with Gasteiger partial charge in [-0.2, -0.15) is 0 Å². The first kappa shape index (κ1) is 13.5. The molecule has 0 fully saturated rings.